The second-order valence-corrected chi connectivity index (χ2v) is 18.1. The van der Waals surface area contributed by atoms with Gasteiger partial charge in [-0.25, -0.2) is 0 Å². The van der Waals surface area contributed by atoms with E-state index in [0.717, 1.165) is 73.5 Å². The van der Waals surface area contributed by atoms with Crippen LogP contribution in [-0.4, -0.2) is 12.1 Å². The monoisotopic (exact) mass is 651 g/mol. The number of rotatable bonds is 20. The van der Waals surface area contributed by atoms with Crippen molar-refractivity contribution < 1.29 is 9.53 Å². The highest BCUT2D eigenvalue weighted by atomic mass is 16.5. The lowest BCUT2D eigenvalue weighted by atomic mass is 9.44. The third-order valence-electron chi connectivity index (χ3n) is 14.4. The van der Waals surface area contributed by atoms with Crippen LogP contribution in [0, 0.1) is 52.3 Å². The van der Waals surface area contributed by atoms with Crippen LogP contribution in [0.15, 0.2) is 24.3 Å². The molecule has 0 radical (unpaired) electrons. The Balaban J connectivity index is 1.11. The van der Waals surface area contributed by atoms with Crippen molar-refractivity contribution >= 4 is 5.97 Å². The Morgan fingerprint density at radius 2 is 1.40 bits per heavy atom. The number of carbonyl (C=O) groups excluding carboxylic acids is 1. The molecule has 0 aromatic carbocycles. The predicted molar refractivity (Wildman–Crippen MR) is 202 cm³/mol. The Bertz CT molecular complexity index is 963. The number of carbonyl (C=O) groups is 1. The van der Waals surface area contributed by atoms with E-state index in [1.165, 1.54) is 116 Å². The highest BCUT2D eigenvalue weighted by Gasteiger charge is 2.60. The molecule has 2 unspecified atom stereocenters. The van der Waals surface area contributed by atoms with Crippen LogP contribution in [0.5, 0.6) is 0 Å². The molecule has 47 heavy (non-hydrogen) atoms. The topological polar surface area (TPSA) is 26.3 Å². The molecule has 0 saturated heterocycles. The lowest BCUT2D eigenvalue weighted by molar-refractivity contribution is -0.162. The van der Waals surface area contributed by atoms with Crippen LogP contribution in [-0.2, 0) is 9.53 Å². The van der Waals surface area contributed by atoms with Gasteiger partial charge >= 0.3 is 5.97 Å². The fraction of sp³-hybridized carbons (Fsp3) is 0.889. The maximum absolute atomic E-state index is 12.8. The first-order chi connectivity index (χ1) is 22.7. The van der Waals surface area contributed by atoms with Crippen molar-refractivity contribution in [2.75, 3.05) is 0 Å². The van der Waals surface area contributed by atoms with Gasteiger partial charge in [-0.15, -0.1) is 0 Å². The first-order valence-corrected chi connectivity index (χ1v) is 21.2. The smallest absolute Gasteiger partial charge is 0.306 e. The SMILES string of the molecule is CCCCC/C=C\C/C=C\CCCCCCCC(=O)OC1CC[C@@]2(C)C(CC[C@H]3[C@@H]4CC[C@H]([C@H](C)CCCC(C)C)[C@@]4(C)CC[C@@H]32)C1. The number of allylic oxidation sites excluding steroid dienone is 4. The normalized spacial score (nSPS) is 34.4. The van der Waals surface area contributed by atoms with Crippen molar-refractivity contribution in [2.24, 2.45) is 52.3 Å². The maximum atomic E-state index is 12.8. The van der Waals surface area contributed by atoms with Gasteiger partial charge in [0.25, 0.3) is 0 Å². The minimum absolute atomic E-state index is 0.0749. The van der Waals surface area contributed by atoms with Crippen LogP contribution in [0.4, 0.5) is 0 Å². The second-order valence-electron chi connectivity index (χ2n) is 18.1. The highest BCUT2D eigenvalue weighted by Crippen LogP contribution is 2.68. The van der Waals surface area contributed by atoms with Crippen molar-refractivity contribution in [3.8, 4) is 0 Å². The minimum atomic E-state index is 0.0749. The molecule has 4 saturated carbocycles. The fourth-order valence-corrected chi connectivity index (χ4v) is 11.7. The molecule has 4 aliphatic rings. The molecule has 4 rings (SSSR count). The summed E-state index contributed by atoms with van der Waals surface area (Å²) in [5.74, 6) is 6.31. The average Bonchev–Trinajstić information content (AvgIpc) is 3.40. The summed E-state index contributed by atoms with van der Waals surface area (Å²) < 4.78 is 6.16. The molecule has 270 valence electrons. The molecule has 0 amide bonds. The molecule has 0 N–H and O–H groups in total. The maximum Gasteiger partial charge on any atom is 0.306 e. The van der Waals surface area contributed by atoms with E-state index in [1.54, 1.807) is 0 Å². The van der Waals surface area contributed by atoms with Crippen LogP contribution in [0.2, 0.25) is 0 Å². The summed E-state index contributed by atoms with van der Waals surface area (Å²) in [7, 11) is 0. The number of ether oxygens (including phenoxy) is 1. The van der Waals surface area contributed by atoms with Crippen molar-refractivity contribution in [1.82, 2.24) is 0 Å². The molecular formula is C45H78O2. The summed E-state index contributed by atoms with van der Waals surface area (Å²) in [6.07, 6.45) is 40.0. The quantitative estimate of drug-likeness (QED) is 0.0744. The van der Waals surface area contributed by atoms with E-state index in [0.29, 0.717) is 17.3 Å². The molecule has 4 fully saturated rings. The molecule has 0 aliphatic heterocycles. The van der Waals surface area contributed by atoms with E-state index < -0.39 is 0 Å². The van der Waals surface area contributed by atoms with Gasteiger partial charge in [0.2, 0.25) is 0 Å². The van der Waals surface area contributed by atoms with E-state index >= 15 is 0 Å². The molecule has 9 atom stereocenters. The molecule has 0 bridgehead atoms. The second kappa shape index (κ2) is 19.4. The molecule has 0 spiro atoms. The fourth-order valence-electron chi connectivity index (χ4n) is 11.7. The van der Waals surface area contributed by atoms with E-state index in [9.17, 15) is 4.79 Å². The van der Waals surface area contributed by atoms with Gasteiger partial charge in [0.1, 0.15) is 6.10 Å². The number of hydrogen-bond acceptors (Lipinski definition) is 2. The lowest BCUT2D eigenvalue weighted by Crippen LogP contribution is -2.54. The zero-order valence-electron chi connectivity index (χ0n) is 32.2. The summed E-state index contributed by atoms with van der Waals surface area (Å²) in [4.78, 5) is 12.8. The van der Waals surface area contributed by atoms with E-state index in [1.807, 2.05) is 0 Å². The molecule has 4 aliphatic carbocycles. The summed E-state index contributed by atoms with van der Waals surface area (Å²) in [6.45, 7) is 15.0. The number of unbranched alkanes of at least 4 members (excludes halogenated alkanes) is 8. The van der Waals surface area contributed by atoms with Crippen LogP contribution in [0.1, 0.15) is 196 Å². The zero-order chi connectivity index (χ0) is 33.7. The Kier molecular flexibility index (Phi) is 16.0. The molecule has 0 aromatic rings. The molecule has 0 heterocycles. The molecule has 2 heteroatoms. The summed E-state index contributed by atoms with van der Waals surface area (Å²) in [6, 6.07) is 0. The molecular weight excluding hydrogens is 572 g/mol. The average molecular weight is 651 g/mol. The Hall–Kier alpha value is -1.05. The van der Waals surface area contributed by atoms with Crippen molar-refractivity contribution in [2.45, 2.75) is 202 Å². The molecule has 2 nitrogen and oxygen atoms in total. The van der Waals surface area contributed by atoms with Gasteiger partial charge in [0.05, 0.1) is 0 Å². The van der Waals surface area contributed by atoms with Gasteiger partial charge in [-0.2, -0.15) is 0 Å². The van der Waals surface area contributed by atoms with Crippen molar-refractivity contribution in [3.63, 3.8) is 0 Å². The van der Waals surface area contributed by atoms with Gasteiger partial charge in [-0.1, -0.05) is 117 Å². The van der Waals surface area contributed by atoms with Crippen LogP contribution in [0.3, 0.4) is 0 Å². The third kappa shape index (κ3) is 10.7. The van der Waals surface area contributed by atoms with E-state index in [4.69, 9.17) is 4.74 Å². The van der Waals surface area contributed by atoms with E-state index in [2.05, 4.69) is 65.8 Å². The van der Waals surface area contributed by atoms with Gasteiger partial charge in [0, 0.05) is 6.42 Å². The number of hydrogen-bond donors (Lipinski definition) is 0. The number of fused-ring (bicyclic) bond motifs is 5. The standard InChI is InChI=1S/C45H78O2/c1-7-8-9-10-11-12-13-14-15-16-17-18-19-20-21-25-43(46)47-38-30-32-44(5)37(34-38)26-27-39-41-29-28-40(36(4)24-22-23-35(2)3)45(41,6)33-31-42(39)44/h11-12,14-15,35-42H,7-10,13,16-34H2,1-6H3/b12-11-,15-14-/t36-,37?,38?,39+,40-,41+,42+,44+,45-/m1/s1. The Labute approximate surface area is 293 Å². The van der Waals surface area contributed by atoms with Gasteiger partial charge < -0.3 is 4.74 Å². The van der Waals surface area contributed by atoms with Crippen LogP contribution < -0.4 is 0 Å². The first kappa shape index (κ1) is 38.7. The van der Waals surface area contributed by atoms with E-state index in [-0.39, 0.29) is 12.1 Å². The highest BCUT2D eigenvalue weighted by molar-refractivity contribution is 5.69. The van der Waals surface area contributed by atoms with Crippen LogP contribution >= 0.6 is 0 Å². The van der Waals surface area contributed by atoms with Gasteiger partial charge in [-0.3, -0.25) is 4.79 Å². The van der Waals surface area contributed by atoms with Crippen molar-refractivity contribution in [3.05, 3.63) is 24.3 Å². The minimum Gasteiger partial charge on any atom is -0.462 e. The van der Waals surface area contributed by atoms with Crippen molar-refractivity contribution in [1.29, 1.82) is 0 Å². The van der Waals surface area contributed by atoms with Crippen LogP contribution in [0.25, 0.3) is 0 Å². The van der Waals surface area contributed by atoms with Gasteiger partial charge in [-0.05, 0) is 149 Å². The lowest BCUT2D eigenvalue weighted by Gasteiger charge is -2.61. The summed E-state index contributed by atoms with van der Waals surface area (Å²) in [5, 5.41) is 0. The zero-order valence-corrected chi connectivity index (χ0v) is 32.2. The van der Waals surface area contributed by atoms with Gasteiger partial charge in [0.15, 0.2) is 0 Å². The third-order valence-corrected chi connectivity index (χ3v) is 14.4. The Morgan fingerprint density at radius 3 is 2.15 bits per heavy atom. The predicted octanol–water partition coefficient (Wildman–Crippen LogP) is 13.8. The largest absolute Gasteiger partial charge is 0.462 e. The first-order valence-electron chi connectivity index (χ1n) is 21.2. The summed E-state index contributed by atoms with van der Waals surface area (Å²) in [5.41, 5.74) is 1.05. The summed E-state index contributed by atoms with van der Waals surface area (Å²) >= 11 is 0. The molecule has 0 aromatic heterocycles. The number of esters is 1. The Morgan fingerprint density at radius 1 is 0.723 bits per heavy atom.